The van der Waals surface area contributed by atoms with E-state index in [1.54, 1.807) is 0 Å². The van der Waals surface area contributed by atoms with Gasteiger partial charge in [0, 0.05) is 25.7 Å². The first-order chi connectivity index (χ1) is 53.7. The zero-order valence-electron chi connectivity index (χ0n) is 68.6. The molecule has 0 saturated heterocycles. The van der Waals surface area contributed by atoms with Gasteiger partial charge in [-0.3, -0.25) is 37.3 Å². The molecule has 5 atom stereocenters. The van der Waals surface area contributed by atoms with Crippen molar-refractivity contribution in [2.45, 2.75) is 341 Å². The summed E-state index contributed by atoms with van der Waals surface area (Å²) < 4.78 is 68.7. The maximum Gasteiger partial charge on any atom is 0.472 e. The molecule has 19 heteroatoms. The van der Waals surface area contributed by atoms with Crippen molar-refractivity contribution in [3.63, 3.8) is 0 Å². The standard InChI is InChI=1S/C91H150O17P2/c1-5-9-13-17-21-25-29-33-36-39-42-45-48-52-55-59-63-67-71-75-88(93)101-81-86(107-90(95)77-73-69-65-61-57-51-32-28-24-20-16-12-8-4)83-105-109(97,98)103-79-85(92)80-104-110(99,100)106-84-87(108-91(96)78-74-70-66-62-58-54-50-47-44-41-38-35-31-27-23-19-15-11-7-3)82-102-89(94)76-72-68-64-60-56-53-49-46-43-40-37-34-30-26-22-18-14-10-6-2/h9-10,13-14,21-23,25-28,32-38,42-47,53,56,64,68,85-87,92H,5-8,11-12,15-20,24,29-31,39-41,48-52,54-55,57-63,65-67,69-84H2,1-4H3,(H,97,98)(H,99,100)/b13-9-,14-10-,25-21-,26-22-,27-23-,32-28-,36-33-,37-34-,38-35-,45-42-,46-43-,47-44-,56-53-,68-64-. The largest absolute Gasteiger partial charge is 0.472 e. The fraction of sp³-hybridized carbons (Fsp3) is 0.648. The van der Waals surface area contributed by atoms with Gasteiger partial charge in [-0.15, -0.1) is 0 Å². The van der Waals surface area contributed by atoms with Crippen molar-refractivity contribution in [3.05, 3.63) is 170 Å². The molecule has 5 unspecified atom stereocenters. The van der Waals surface area contributed by atoms with E-state index in [9.17, 15) is 43.2 Å². The fourth-order valence-corrected chi connectivity index (χ4v) is 12.3. The Morgan fingerprint density at radius 2 is 0.491 bits per heavy atom. The number of aliphatic hydroxyl groups is 1. The minimum atomic E-state index is -5.01. The van der Waals surface area contributed by atoms with Gasteiger partial charge in [0.1, 0.15) is 19.3 Å². The van der Waals surface area contributed by atoms with Crippen molar-refractivity contribution < 1.29 is 80.2 Å². The van der Waals surface area contributed by atoms with Crippen LogP contribution in [-0.4, -0.2) is 96.7 Å². The third-order valence-corrected chi connectivity index (χ3v) is 19.1. The van der Waals surface area contributed by atoms with Crippen LogP contribution in [0.2, 0.25) is 0 Å². The number of hydrogen-bond acceptors (Lipinski definition) is 15. The summed E-state index contributed by atoms with van der Waals surface area (Å²) in [5.74, 6) is -2.32. The van der Waals surface area contributed by atoms with Gasteiger partial charge in [0.25, 0.3) is 0 Å². The average molecular weight is 1580 g/mol. The van der Waals surface area contributed by atoms with E-state index in [-0.39, 0.29) is 25.7 Å². The highest BCUT2D eigenvalue weighted by molar-refractivity contribution is 7.47. The van der Waals surface area contributed by atoms with E-state index in [0.29, 0.717) is 32.1 Å². The number of carbonyl (C=O) groups excluding carboxylic acids is 4. The predicted octanol–water partition coefficient (Wildman–Crippen LogP) is 25.3. The van der Waals surface area contributed by atoms with Crippen LogP contribution in [0, 0.1) is 0 Å². The second-order valence-electron chi connectivity index (χ2n) is 27.6. The van der Waals surface area contributed by atoms with Gasteiger partial charge in [-0.25, -0.2) is 9.13 Å². The number of phosphoric ester groups is 2. The van der Waals surface area contributed by atoms with Gasteiger partial charge < -0.3 is 33.8 Å². The second kappa shape index (κ2) is 81.4. The number of unbranched alkanes of at least 4 members (excludes halogenated alkanes) is 24. The van der Waals surface area contributed by atoms with E-state index in [0.717, 1.165) is 193 Å². The molecule has 0 amide bonds. The summed E-state index contributed by atoms with van der Waals surface area (Å²) in [6.07, 6.45) is 97.6. The molecule has 0 aromatic carbocycles. The van der Waals surface area contributed by atoms with Crippen LogP contribution in [0.1, 0.15) is 323 Å². The van der Waals surface area contributed by atoms with Gasteiger partial charge in [0.15, 0.2) is 12.2 Å². The van der Waals surface area contributed by atoms with Gasteiger partial charge in [-0.2, -0.15) is 0 Å². The van der Waals surface area contributed by atoms with Crippen LogP contribution in [0.25, 0.3) is 0 Å². The fourth-order valence-electron chi connectivity index (χ4n) is 10.8. The summed E-state index contributed by atoms with van der Waals surface area (Å²) in [5.41, 5.74) is 0. The van der Waals surface area contributed by atoms with Crippen LogP contribution >= 0.6 is 15.6 Å². The summed E-state index contributed by atoms with van der Waals surface area (Å²) in [5, 5.41) is 10.7. The smallest absolute Gasteiger partial charge is 0.462 e. The lowest BCUT2D eigenvalue weighted by atomic mass is 10.1. The Kier molecular flexibility index (Phi) is 77.3. The number of allylic oxidation sites excluding steroid dienone is 28. The lowest BCUT2D eigenvalue weighted by Crippen LogP contribution is -2.30. The van der Waals surface area contributed by atoms with Crippen molar-refractivity contribution in [3.8, 4) is 0 Å². The number of esters is 4. The second-order valence-corrected chi connectivity index (χ2v) is 30.6. The molecule has 0 aromatic rings. The van der Waals surface area contributed by atoms with E-state index in [1.807, 2.05) is 18.2 Å². The number of phosphoric acid groups is 2. The highest BCUT2D eigenvalue weighted by atomic mass is 31.2. The first-order valence-corrected chi connectivity index (χ1v) is 45.4. The molecular weight excluding hydrogens is 1430 g/mol. The molecule has 0 aromatic heterocycles. The highest BCUT2D eigenvalue weighted by Crippen LogP contribution is 2.45. The molecule has 0 bridgehead atoms. The number of hydrogen-bond donors (Lipinski definition) is 3. The number of aliphatic hydroxyl groups excluding tert-OH is 1. The van der Waals surface area contributed by atoms with Crippen molar-refractivity contribution in [2.24, 2.45) is 0 Å². The summed E-state index contributed by atoms with van der Waals surface area (Å²) >= 11 is 0. The lowest BCUT2D eigenvalue weighted by Gasteiger charge is -2.21. The summed E-state index contributed by atoms with van der Waals surface area (Å²) in [6, 6.07) is 0. The van der Waals surface area contributed by atoms with Crippen LogP contribution in [0.15, 0.2) is 170 Å². The van der Waals surface area contributed by atoms with Crippen molar-refractivity contribution >= 4 is 39.5 Å². The predicted molar refractivity (Wildman–Crippen MR) is 454 cm³/mol. The monoisotopic (exact) mass is 1580 g/mol. The molecule has 110 heavy (non-hydrogen) atoms. The molecule has 0 aliphatic carbocycles. The number of ether oxygens (including phenoxy) is 4. The number of carbonyl (C=O) groups is 4. The van der Waals surface area contributed by atoms with Gasteiger partial charge in [0.05, 0.1) is 26.4 Å². The first kappa shape index (κ1) is 104. The lowest BCUT2D eigenvalue weighted by molar-refractivity contribution is -0.161. The molecule has 0 saturated carbocycles. The Hall–Kier alpha value is -5.58. The topological polar surface area (TPSA) is 237 Å². The van der Waals surface area contributed by atoms with Gasteiger partial charge >= 0.3 is 39.5 Å². The Morgan fingerprint density at radius 3 is 0.809 bits per heavy atom. The first-order valence-electron chi connectivity index (χ1n) is 42.4. The summed E-state index contributed by atoms with van der Waals surface area (Å²) in [7, 11) is -10.0. The third kappa shape index (κ3) is 80.5. The molecule has 0 aliphatic rings. The van der Waals surface area contributed by atoms with E-state index < -0.39 is 97.5 Å². The Morgan fingerprint density at radius 1 is 0.264 bits per heavy atom. The molecule has 626 valence electrons. The molecule has 0 radical (unpaired) electrons. The van der Waals surface area contributed by atoms with Crippen molar-refractivity contribution in [1.29, 1.82) is 0 Å². The van der Waals surface area contributed by atoms with Crippen LogP contribution in [-0.2, 0) is 65.4 Å². The maximum atomic E-state index is 13.1. The summed E-state index contributed by atoms with van der Waals surface area (Å²) in [6.45, 7) is 4.49. The Bertz CT molecular complexity index is 2750. The Balaban J connectivity index is 5.46. The highest BCUT2D eigenvalue weighted by Gasteiger charge is 2.30. The van der Waals surface area contributed by atoms with Crippen LogP contribution in [0.4, 0.5) is 0 Å². The normalized spacial score (nSPS) is 14.6. The molecule has 17 nitrogen and oxygen atoms in total. The van der Waals surface area contributed by atoms with Gasteiger partial charge in [-0.1, -0.05) is 301 Å². The molecular formula is C91H150O17P2. The van der Waals surface area contributed by atoms with Gasteiger partial charge in [0.2, 0.25) is 0 Å². The van der Waals surface area contributed by atoms with E-state index >= 15 is 0 Å². The van der Waals surface area contributed by atoms with Gasteiger partial charge in [-0.05, 0) is 167 Å². The van der Waals surface area contributed by atoms with Crippen LogP contribution in [0.3, 0.4) is 0 Å². The molecule has 0 heterocycles. The maximum absolute atomic E-state index is 13.1. The van der Waals surface area contributed by atoms with E-state index in [1.165, 1.54) is 44.9 Å². The summed E-state index contributed by atoms with van der Waals surface area (Å²) in [4.78, 5) is 73.2. The zero-order valence-corrected chi connectivity index (χ0v) is 70.4. The van der Waals surface area contributed by atoms with Crippen molar-refractivity contribution in [2.75, 3.05) is 39.6 Å². The number of rotatable bonds is 78. The molecule has 0 aliphatic heterocycles. The Labute approximate surface area is 667 Å². The minimum Gasteiger partial charge on any atom is -0.462 e. The molecule has 0 fully saturated rings. The van der Waals surface area contributed by atoms with Crippen molar-refractivity contribution in [1.82, 2.24) is 0 Å². The average Bonchev–Trinajstić information content (AvgIpc) is 0.900. The quantitative estimate of drug-likeness (QED) is 0.0169. The SMILES string of the molecule is CC/C=C\C/C=C\C/C=C\C/C=C\C/C=C\C/C=C\CCC(=O)OCC(COP(=O)(O)OCC(O)COP(=O)(O)OCC(COC(=O)CCCCCCCC/C=C\C/C=C\C/C=C\C/C=C\CC)OC(=O)CCCCCCC/C=C\CCCCCC)OC(=O)CCCCCCCC/C=C\C/C=C\C/C=C\CCCCC. The van der Waals surface area contributed by atoms with Crippen LogP contribution < -0.4 is 0 Å². The minimum absolute atomic E-state index is 0.0276. The zero-order chi connectivity index (χ0) is 80.3. The van der Waals surface area contributed by atoms with Crippen LogP contribution in [0.5, 0.6) is 0 Å². The molecule has 3 N–H and O–H groups in total. The van der Waals surface area contributed by atoms with E-state index in [4.69, 9.17) is 37.0 Å². The molecule has 0 rings (SSSR count). The van der Waals surface area contributed by atoms with E-state index in [2.05, 4.69) is 180 Å². The molecule has 0 spiro atoms. The third-order valence-electron chi connectivity index (χ3n) is 17.2.